The van der Waals surface area contributed by atoms with E-state index in [0.717, 1.165) is 30.5 Å². The quantitative estimate of drug-likeness (QED) is 0.566. The molecule has 8 heteroatoms. The number of nitrogens with one attached hydrogen (secondary N) is 2. The Morgan fingerprint density at radius 2 is 2.07 bits per heavy atom. The lowest BCUT2D eigenvalue weighted by Gasteiger charge is -2.32. The molecule has 1 aromatic heterocycles. The minimum absolute atomic E-state index is 0.0783. The molecule has 0 radical (unpaired) electrons. The van der Waals surface area contributed by atoms with Gasteiger partial charge in [-0.3, -0.25) is 9.59 Å². The van der Waals surface area contributed by atoms with E-state index in [4.69, 9.17) is 14.5 Å². The third kappa shape index (κ3) is 3.19. The third-order valence-corrected chi connectivity index (χ3v) is 7.01. The van der Waals surface area contributed by atoms with Crippen molar-refractivity contribution in [1.29, 1.82) is 0 Å². The second-order valence-corrected chi connectivity index (χ2v) is 9.24. The molecule has 0 spiro atoms. The number of fused-ring (bicyclic) bond motifs is 2. The van der Waals surface area contributed by atoms with E-state index in [1.54, 1.807) is 11.8 Å². The fourth-order valence-electron chi connectivity index (χ4n) is 4.20. The van der Waals surface area contributed by atoms with Crippen LogP contribution in [0.2, 0.25) is 0 Å². The number of hydrogen-bond donors (Lipinski definition) is 2. The molecule has 1 aromatic carbocycles. The summed E-state index contributed by atoms with van der Waals surface area (Å²) in [5, 5.41) is 4.24. The van der Waals surface area contributed by atoms with Crippen LogP contribution in [0.15, 0.2) is 39.4 Å². The highest BCUT2D eigenvalue weighted by molar-refractivity contribution is 7.99. The number of anilines is 1. The molecule has 156 valence electrons. The summed E-state index contributed by atoms with van der Waals surface area (Å²) in [6, 6.07) is 5.61. The molecule has 1 aliphatic carbocycles. The Balaban J connectivity index is 1.67. The first-order valence-electron chi connectivity index (χ1n) is 10.3. The number of aromatic nitrogens is 2. The standard InChI is InChI=1S/C22H23N3O4S/c1-3-11(2)30-22-24-20-19(21(27)25-22)17(18-13(23-20)5-4-6-14(18)26)12-7-8-15-16(9-12)29-10-28-15/h7-9,11,17H,3-6,10H2,1-2H3,(H2,23,24,25,27). The highest BCUT2D eigenvalue weighted by Gasteiger charge is 2.38. The van der Waals surface area contributed by atoms with Gasteiger partial charge in [-0.15, -0.1) is 0 Å². The Morgan fingerprint density at radius 3 is 2.90 bits per heavy atom. The molecule has 0 bridgehead atoms. The topological polar surface area (TPSA) is 93.3 Å². The van der Waals surface area contributed by atoms with Gasteiger partial charge in [0.2, 0.25) is 6.79 Å². The van der Waals surface area contributed by atoms with Gasteiger partial charge in [0.05, 0.1) is 5.56 Å². The highest BCUT2D eigenvalue weighted by atomic mass is 32.2. The molecule has 2 N–H and O–H groups in total. The van der Waals surface area contributed by atoms with Gasteiger partial charge in [0, 0.05) is 28.9 Å². The van der Waals surface area contributed by atoms with Crippen molar-refractivity contribution >= 4 is 23.4 Å². The smallest absolute Gasteiger partial charge is 0.257 e. The number of carbonyl (C=O) groups excluding carboxylic acids is 1. The van der Waals surface area contributed by atoms with Gasteiger partial charge < -0.3 is 19.8 Å². The van der Waals surface area contributed by atoms with Gasteiger partial charge >= 0.3 is 0 Å². The third-order valence-electron chi connectivity index (χ3n) is 5.85. The largest absolute Gasteiger partial charge is 0.454 e. The van der Waals surface area contributed by atoms with E-state index in [-0.39, 0.29) is 18.1 Å². The second-order valence-electron chi connectivity index (χ2n) is 7.81. The van der Waals surface area contributed by atoms with Crippen molar-refractivity contribution in [1.82, 2.24) is 9.97 Å². The number of allylic oxidation sites excluding steroid dienone is 2. The zero-order valence-corrected chi connectivity index (χ0v) is 17.7. The van der Waals surface area contributed by atoms with Gasteiger partial charge in [0.1, 0.15) is 5.82 Å². The van der Waals surface area contributed by atoms with Crippen LogP contribution in [0.4, 0.5) is 5.82 Å². The molecule has 2 unspecified atom stereocenters. The lowest BCUT2D eigenvalue weighted by molar-refractivity contribution is -0.116. The first kappa shape index (κ1) is 19.2. The summed E-state index contributed by atoms with van der Waals surface area (Å²) in [5.74, 6) is 1.45. The van der Waals surface area contributed by atoms with Crippen LogP contribution in [-0.2, 0) is 4.79 Å². The van der Waals surface area contributed by atoms with E-state index >= 15 is 0 Å². The Bertz CT molecular complexity index is 1120. The van der Waals surface area contributed by atoms with Gasteiger partial charge in [0.25, 0.3) is 5.56 Å². The maximum atomic E-state index is 13.2. The Kier molecular flexibility index (Phi) is 4.81. The molecular formula is C22H23N3O4S. The normalized spacial score (nSPS) is 20.5. The lowest BCUT2D eigenvalue weighted by Crippen LogP contribution is -2.32. The Morgan fingerprint density at radius 1 is 1.23 bits per heavy atom. The average molecular weight is 426 g/mol. The number of rotatable bonds is 4. The van der Waals surface area contributed by atoms with Gasteiger partial charge in [0.15, 0.2) is 22.4 Å². The number of carbonyl (C=O) groups is 1. The summed E-state index contributed by atoms with van der Waals surface area (Å²) >= 11 is 1.55. The van der Waals surface area contributed by atoms with Crippen molar-refractivity contribution in [2.45, 2.75) is 55.9 Å². The van der Waals surface area contributed by atoms with Gasteiger partial charge in [-0.1, -0.05) is 31.7 Å². The summed E-state index contributed by atoms with van der Waals surface area (Å²) < 4.78 is 11.0. The number of thioether (sulfide) groups is 1. The molecule has 3 heterocycles. The molecule has 0 saturated heterocycles. The van der Waals surface area contributed by atoms with Crippen molar-refractivity contribution in [3.8, 4) is 11.5 Å². The fourth-order valence-corrected chi connectivity index (χ4v) is 5.04. The molecule has 2 aliphatic heterocycles. The minimum Gasteiger partial charge on any atom is -0.454 e. The molecule has 0 amide bonds. The summed E-state index contributed by atoms with van der Waals surface area (Å²) in [6.07, 6.45) is 3.03. The molecular weight excluding hydrogens is 402 g/mol. The summed E-state index contributed by atoms with van der Waals surface area (Å²) in [6.45, 7) is 4.38. The molecule has 0 fully saturated rings. The number of hydrogen-bond acceptors (Lipinski definition) is 7. The number of ether oxygens (including phenoxy) is 2. The first-order valence-corrected chi connectivity index (χ1v) is 11.2. The number of aromatic amines is 1. The lowest BCUT2D eigenvalue weighted by atomic mass is 9.76. The van der Waals surface area contributed by atoms with Gasteiger partial charge in [-0.2, -0.15) is 0 Å². The van der Waals surface area contributed by atoms with Gasteiger partial charge in [-0.25, -0.2) is 4.98 Å². The van der Waals surface area contributed by atoms with Crippen LogP contribution in [-0.4, -0.2) is 27.8 Å². The average Bonchev–Trinajstić information content (AvgIpc) is 3.20. The fraction of sp³-hybridized carbons (Fsp3) is 0.409. The maximum absolute atomic E-state index is 13.2. The number of Topliss-reactive ketones (excluding diaryl/α,β-unsaturated/α-hetero) is 1. The summed E-state index contributed by atoms with van der Waals surface area (Å²) in [4.78, 5) is 33.8. The zero-order valence-electron chi connectivity index (χ0n) is 16.9. The maximum Gasteiger partial charge on any atom is 0.257 e. The Labute approximate surface area is 178 Å². The van der Waals surface area contributed by atoms with Gasteiger partial charge in [-0.05, 0) is 37.0 Å². The van der Waals surface area contributed by atoms with Crippen molar-refractivity contribution < 1.29 is 14.3 Å². The Hall–Kier alpha value is -2.74. The molecule has 3 aliphatic rings. The zero-order chi connectivity index (χ0) is 20.8. The molecule has 2 aromatic rings. The predicted octanol–water partition coefficient (Wildman–Crippen LogP) is 3.95. The number of H-pyrrole nitrogens is 1. The van der Waals surface area contributed by atoms with Crippen LogP contribution in [0.25, 0.3) is 0 Å². The van der Waals surface area contributed by atoms with Crippen molar-refractivity contribution in [2.24, 2.45) is 0 Å². The minimum atomic E-state index is -0.475. The molecule has 30 heavy (non-hydrogen) atoms. The number of ketones is 1. The summed E-state index contributed by atoms with van der Waals surface area (Å²) in [7, 11) is 0. The molecule has 7 nitrogen and oxygen atoms in total. The van der Waals surface area contributed by atoms with Crippen LogP contribution in [0.5, 0.6) is 11.5 Å². The van der Waals surface area contributed by atoms with E-state index < -0.39 is 5.92 Å². The first-order chi connectivity index (χ1) is 14.5. The molecule has 5 rings (SSSR count). The number of benzene rings is 1. The molecule has 0 saturated carbocycles. The second kappa shape index (κ2) is 7.50. The van der Waals surface area contributed by atoms with Crippen molar-refractivity contribution in [3.05, 3.63) is 50.9 Å². The van der Waals surface area contributed by atoms with Crippen molar-refractivity contribution in [3.63, 3.8) is 0 Å². The van der Waals surface area contributed by atoms with Crippen molar-refractivity contribution in [2.75, 3.05) is 12.1 Å². The molecule has 2 atom stereocenters. The van der Waals surface area contributed by atoms with E-state index in [9.17, 15) is 9.59 Å². The summed E-state index contributed by atoms with van der Waals surface area (Å²) in [5.41, 5.74) is 2.64. The highest BCUT2D eigenvalue weighted by Crippen LogP contribution is 2.45. The number of nitrogens with zero attached hydrogens (tertiary/aromatic N) is 1. The van der Waals surface area contributed by atoms with E-state index in [2.05, 4.69) is 24.1 Å². The van der Waals surface area contributed by atoms with Crippen LogP contribution in [0.3, 0.4) is 0 Å². The van der Waals surface area contributed by atoms with Crippen LogP contribution in [0.1, 0.15) is 56.6 Å². The SMILES string of the molecule is CCC(C)Sc1nc2c(c(=O)[nH]1)C(c1ccc3c(c1)OCO3)C1=C(CCCC1=O)N2. The van der Waals surface area contributed by atoms with Crippen LogP contribution in [0, 0.1) is 0 Å². The van der Waals surface area contributed by atoms with Crippen LogP contribution >= 0.6 is 11.8 Å². The van der Waals surface area contributed by atoms with E-state index in [1.807, 2.05) is 18.2 Å². The monoisotopic (exact) mass is 425 g/mol. The predicted molar refractivity (Wildman–Crippen MR) is 114 cm³/mol. The van der Waals surface area contributed by atoms with E-state index in [0.29, 0.717) is 45.3 Å². The van der Waals surface area contributed by atoms with Crippen LogP contribution < -0.4 is 20.3 Å². The van der Waals surface area contributed by atoms with E-state index in [1.165, 1.54) is 0 Å².